The lowest BCUT2D eigenvalue weighted by molar-refractivity contribution is 0.0992. The SMILES string of the molecule is O=C(Cc1nc2ccccc2s1)c1ccc(F)cc1I. The third-order valence-electron chi connectivity index (χ3n) is 2.88. The molecule has 3 rings (SSSR count). The Balaban J connectivity index is 1.88. The van der Waals surface area contributed by atoms with Crippen LogP contribution in [-0.2, 0) is 6.42 Å². The molecule has 0 radical (unpaired) electrons. The van der Waals surface area contributed by atoms with Crippen LogP contribution in [0.3, 0.4) is 0 Å². The van der Waals surface area contributed by atoms with Gasteiger partial charge >= 0.3 is 0 Å². The van der Waals surface area contributed by atoms with E-state index in [0.717, 1.165) is 15.2 Å². The Labute approximate surface area is 132 Å². The normalized spacial score (nSPS) is 10.9. The third kappa shape index (κ3) is 2.73. The molecule has 0 saturated heterocycles. The summed E-state index contributed by atoms with van der Waals surface area (Å²) in [5.74, 6) is -0.362. The van der Waals surface area contributed by atoms with Crippen LogP contribution >= 0.6 is 33.9 Å². The first-order chi connectivity index (χ1) is 9.63. The van der Waals surface area contributed by atoms with Crippen LogP contribution in [0.2, 0.25) is 0 Å². The molecule has 0 saturated carbocycles. The van der Waals surface area contributed by atoms with E-state index in [1.807, 2.05) is 46.9 Å². The quantitative estimate of drug-likeness (QED) is 0.483. The number of fused-ring (bicyclic) bond motifs is 1. The van der Waals surface area contributed by atoms with Gasteiger partial charge in [0.15, 0.2) is 5.78 Å². The van der Waals surface area contributed by atoms with E-state index in [1.54, 1.807) is 0 Å². The molecule has 0 fully saturated rings. The van der Waals surface area contributed by atoms with Gasteiger partial charge in [-0.25, -0.2) is 9.37 Å². The summed E-state index contributed by atoms with van der Waals surface area (Å²) in [6, 6.07) is 12.0. The van der Waals surface area contributed by atoms with E-state index in [9.17, 15) is 9.18 Å². The second-order valence-electron chi connectivity index (χ2n) is 4.30. The van der Waals surface area contributed by atoms with E-state index in [2.05, 4.69) is 4.98 Å². The molecule has 5 heteroatoms. The van der Waals surface area contributed by atoms with Crippen molar-refractivity contribution in [3.8, 4) is 0 Å². The van der Waals surface area contributed by atoms with Crippen LogP contribution in [0, 0.1) is 9.39 Å². The van der Waals surface area contributed by atoms with Crippen molar-refractivity contribution in [2.24, 2.45) is 0 Å². The fourth-order valence-electron chi connectivity index (χ4n) is 1.94. The van der Waals surface area contributed by atoms with Crippen LogP contribution < -0.4 is 0 Å². The molecule has 1 heterocycles. The fraction of sp³-hybridized carbons (Fsp3) is 0.0667. The number of rotatable bonds is 3. The lowest BCUT2D eigenvalue weighted by Gasteiger charge is -2.02. The number of para-hydroxylation sites is 1. The zero-order chi connectivity index (χ0) is 14.1. The molecule has 20 heavy (non-hydrogen) atoms. The average molecular weight is 397 g/mol. The Morgan fingerprint density at radius 3 is 2.80 bits per heavy atom. The second kappa shape index (κ2) is 5.57. The van der Waals surface area contributed by atoms with Gasteiger partial charge in [-0.3, -0.25) is 4.79 Å². The third-order valence-corrected chi connectivity index (χ3v) is 4.81. The van der Waals surface area contributed by atoms with Gasteiger partial charge in [0.05, 0.1) is 16.6 Å². The number of hydrogen-bond acceptors (Lipinski definition) is 3. The van der Waals surface area contributed by atoms with Crippen molar-refractivity contribution in [3.05, 3.63) is 62.4 Å². The van der Waals surface area contributed by atoms with Crippen LogP contribution in [-0.4, -0.2) is 10.8 Å². The Kier molecular flexibility index (Phi) is 3.80. The Morgan fingerprint density at radius 2 is 2.05 bits per heavy atom. The van der Waals surface area contributed by atoms with E-state index >= 15 is 0 Å². The number of nitrogens with zero attached hydrogens (tertiary/aromatic N) is 1. The summed E-state index contributed by atoms with van der Waals surface area (Å²) in [7, 11) is 0. The summed E-state index contributed by atoms with van der Waals surface area (Å²) in [4.78, 5) is 16.7. The number of benzene rings is 2. The number of Topliss-reactive ketones (excluding diaryl/α,β-unsaturated/α-hetero) is 1. The predicted molar refractivity (Wildman–Crippen MR) is 86.8 cm³/mol. The Morgan fingerprint density at radius 1 is 1.25 bits per heavy atom. The highest BCUT2D eigenvalue weighted by molar-refractivity contribution is 14.1. The van der Waals surface area contributed by atoms with Gasteiger partial charge in [-0.1, -0.05) is 12.1 Å². The topological polar surface area (TPSA) is 30.0 Å². The number of ketones is 1. The molecular weight excluding hydrogens is 388 g/mol. The predicted octanol–water partition coefficient (Wildman–Crippen LogP) is 4.47. The maximum absolute atomic E-state index is 13.1. The number of carbonyl (C=O) groups is 1. The van der Waals surface area contributed by atoms with Gasteiger partial charge in [-0.2, -0.15) is 0 Å². The van der Waals surface area contributed by atoms with E-state index in [0.29, 0.717) is 9.13 Å². The summed E-state index contributed by atoms with van der Waals surface area (Å²) < 4.78 is 14.8. The van der Waals surface area contributed by atoms with Crippen molar-refractivity contribution >= 4 is 49.9 Å². The molecule has 3 aromatic rings. The van der Waals surface area contributed by atoms with Crippen LogP contribution in [0.5, 0.6) is 0 Å². The molecule has 0 aliphatic heterocycles. The number of thiazole rings is 1. The molecule has 0 atom stereocenters. The van der Waals surface area contributed by atoms with Gasteiger partial charge in [0.1, 0.15) is 10.8 Å². The lowest BCUT2D eigenvalue weighted by Crippen LogP contribution is -2.05. The van der Waals surface area contributed by atoms with Gasteiger partial charge in [0, 0.05) is 9.13 Å². The molecule has 2 nitrogen and oxygen atoms in total. The van der Waals surface area contributed by atoms with Crippen molar-refractivity contribution < 1.29 is 9.18 Å². The number of hydrogen-bond donors (Lipinski definition) is 0. The van der Waals surface area contributed by atoms with Crippen LogP contribution in [0.1, 0.15) is 15.4 Å². The summed E-state index contributed by atoms with van der Waals surface area (Å²) in [6.45, 7) is 0. The first-order valence-corrected chi connectivity index (χ1v) is 7.86. The molecule has 0 amide bonds. The van der Waals surface area contributed by atoms with Crippen LogP contribution in [0.25, 0.3) is 10.2 Å². The smallest absolute Gasteiger partial charge is 0.170 e. The van der Waals surface area contributed by atoms with Gasteiger partial charge in [0.25, 0.3) is 0 Å². The maximum Gasteiger partial charge on any atom is 0.170 e. The standard InChI is InChI=1S/C15H9FINOS/c16-9-5-6-10(11(17)7-9)13(19)8-15-18-12-3-1-2-4-14(12)20-15/h1-7H,8H2. The van der Waals surface area contributed by atoms with Gasteiger partial charge in [-0.05, 0) is 52.9 Å². The molecule has 2 aromatic carbocycles. The van der Waals surface area contributed by atoms with Crippen LogP contribution in [0.4, 0.5) is 4.39 Å². The highest BCUT2D eigenvalue weighted by atomic mass is 127. The van der Waals surface area contributed by atoms with Gasteiger partial charge < -0.3 is 0 Å². The molecule has 1 aromatic heterocycles. The molecule has 0 N–H and O–H groups in total. The number of halogens is 2. The van der Waals surface area contributed by atoms with Crippen molar-refractivity contribution in [1.82, 2.24) is 4.98 Å². The summed E-state index contributed by atoms with van der Waals surface area (Å²) >= 11 is 3.50. The van der Waals surface area contributed by atoms with E-state index in [1.165, 1.54) is 29.5 Å². The van der Waals surface area contributed by atoms with Crippen LogP contribution in [0.15, 0.2) is 42.5 Å². The first kappa shape index (κ1) is 13.6. The van der Waals surface area contributed by atoms with E-state index in [4.69, 9.17) is 0 Å². The van der Waals surface area contributed by atoms with Crippen molar-refractivity contribution in [2.45, 2.75) is 6.42 Å². The molecule has 0 unspecified atom stereocenters. The highest BCUT2D eigenvalue weighted by Gasteiger charge is 2.14. The summed E-state index contributed by atoms with van der Waals surface area (Å²) in [6.07, 6.45) is 0.251. The largest absolute Gasteiger partial charge is 0.294 e. The summed E-state index contributed by atoms with van der Waals surface area (Å²) in [5, 5.41) is 0.788. The lowest BCUT2D eigenvalue weighted by atomic mass is 10.1. The molecule has 0 aliphatic rings. The van der Waals surface area contributed by atoms with Gasteiger partial charge in [0.2, 0.25) is 0 Å². The minimum absolute atomic E-state index is 0.0338. The Hall–Kier alpha value is -1.34. The molecule has 0 aliphatic carbocycles. The number of aromatic nitrogens is 1. The zero-order valence-corrected chi connectivity index (χ0v) is 13.2. The molecule has 0 spiro atoms. The van der Waals surface area contributed by atoms with Crippen molar-refractivity contribution in [3.63, 3.8) is 0 Å². The molecular formula is C15H9FINOS. The highest BCUT2D eigenvalue weighted by Crippen LogP contribution is 2.23. The minimum Gasteiger partial charge on any atom is -0.294 e. The second-order valence-corrected chi connectivity index (χ2v) is 6.58. The van der Waals surface area contributed by atoms with E-state index < -0.39 is 0 Å². The van der Waals surface area contributed by atoms with Gasteiger partial charge in [-0.15, -0.1) is 11.3 Å². The summed E-state index contributed by atoms with van der Waals surface area (Å²) in [5.41, 5.74) is 1.46. The average Bonchev–Trinajstić information content (AvgIpc) is 2.80. The first-order valence-electron chi connectivity index (χ1n) is 5.96. The molecule has 100 valence electrons. The zero-order valence-electron chi connectivity index (χ0n) is 10.3. The van der Waals surface area contributed by atoms with Crippen molar-refractivity contribution in [2.75, 3.05) is 0 Å². The van der Waals surface area contributed by atoms with E-state index in [-0.39, 0.29) is 18.0 Å². The Bertz CT molecular complexity index is 766. The fourth-order valence-corrected chi connectivity index (χ4v) is 3.69. The monoisotopic (exact) mass is 397 g/mol. The maximum atomic E-state index is 13.1. The number of carbonyl (C=O) groups excluding carboxylic acids is 1. The van der Waals surface area contributed by atoms with Crippen molar-refractivity contribution in [1.29, 1.82) is 0 Å². The molecule has 0 bridgehead atoms. The minimum atomic E-state index is -0.328.